The smallest absolute Gasteiger partial charge is 0.251 e. The van der Waals surface area contributed by atoms with Gasteiger partial charge in [0.2, 0.25) is 0 Å². The normalized spacial score (nSPS) is 10.9. The summed E-state index contributed by atoms with van der Waals surface area (Å²) in [5.41, 5.74) is 5.15. The number of hydrogen-bond donors (Lipinski definition) is 1. The molecule has 0 saturated heterocycles. The molecular weight excluding hydrogens is 464 g/mol. The summed E-state index contributed by atoms with van der Waals surface area (Å²) in [5, 5.41) is 12.5. The van der Waals surface area contributed by atoms with Gasteiger partial charge >= 0.3 is 0 Å². The van der Waals surface area contributed by atoms with E-state index in [0.717, 1.165) is 47.5 Å². The molecule has 0 aliphatic rings. The van der Waals surface area contributed by atoms with Crippen LogP contribution in [-0.2, 0) is 17.7 Å². The number of hydrogen-bond acceptors (Lipinski definition) is 5. The van der Waals surface area contributed by atoms with Crippen LogP contribution in [0.15, 0.2) is 78.9 Å². The molecule has 1 heterocycles. The highest BCUT2D eigenvalue weighted by molar-refractivity contribution is 5.95. The summed E-state index contributed by atoms with van der Waals surface area (Å²) in [7, 11) is 1.64. The van der Waals surface area contributed by atoms with Gasteiger partial charge in [-0.1, -0.05) is 42.5 Å². The Labute approximate surface area is 218 Å². The molecule has 0 spiro atoms. The van der Waals surface area contributed by atoms with Gasteiger partial charge in [0.1, 0.15) is 17.1 Å². The van der Waals surface area contributed by atoms with Crippen molar-refractivity contribution in [1.29, 1.82) is 0 Å². The van der Waals surface area contributed by atoms with Crippen molar-refractivity contribution in [3.05, 3.63) is 90.0 Å². The predicted molar refractivity (Wildman–Crippen MR) is 146 cm³/mol. The van der Waals surface area contributed by atoms with Crippen molar-refractivity contribution >= 4 is 5.91 Å². The first-order chi connectivity index (χ1) is 18.2. The van der Waals surface area contributed by atoms with Crippen molar-refractivity contribution in [1.82, 2.24) is 20.3 Å². The van der Waals surface area contributed by atoms with Gasteiger partial charge in [-0.05, 0) is 68.1 Å². The minimum Gasteiger partial charge on any atom is -0.497 e. The largest absolute Gasteiger partial charge is 0.497 e. The summed E-state index contributed by atoms with van der Waals surface area (Å²) in [6.07, 6.45) is 2.97. The molecule has 3 aromatic carbocycles. The number of ether oxygens (including phenoxy) is 2. The van der Waals surface area contributed by atoms with Gasteiger partial charge in [-0.3, -0.25) is 4.79 Å². The molecule has 0 atom stereocenters. The van der Waals surface area contributed by atoms with E-state index in [4.69, 9.17) is 19.7 Å². The molecular formula is C30H34N4O3. The van der Waals surface area contributed by atoms with E-state index in [-0.39, 0.29) is 5.91 Å². The van der Waals surface area contributed by atoms with Crippen molar-refractivity contribution in [2.24, 2.45) is 0 Å². The maximum atomic E-state index is 12.9. The third kappa shape index (κ3) is 7.27. The third-order valence-electron chi connectivity index (χ3n) is 6.08. The fraction of sp³-hybridized carbons (Fsp3) is 0.300. The Morgan fingerprint density at radius 2 is 1.65 bits per heavy atom. The summed E-state index contributed by atoms with van der Waals surface area (Å²) >= 11 is 0. The molecule has 7 heteroatoms. The lowest BCUT2D eigenvalue weighted by Gasteiger charge is -2.07. The van der Waals surface area contributed by atoms with E-state index in [1.807, 2.05) is 61.5 Å². The van der Waals surface area contributed by atoms with Crippen LogP contribution in [0.25, 0.3) is 22.5 Å². The molecule has 1 aromatic heterocycles. The lowest BCUT2D eigenvalue weighted by Crippen LogP contribution is -2.24. The highest BCUT2D eigenvalue weighted by atomic mass is 16.5. The third-order valence-corrected chi connectivity index (χ3v) is 6.08. The Morgan fingerprint density at radius 3 is 2.38 bits per heavy atom. The Hall–Kier alpha value is -3.97. The molecule has 0 aliphatic carbocycles. The number of benzene rings is 3. The number of methoxy groups -OCH3 is 1. The van der Waals surface area contributed by atoms with Gasteiger partial charge in [0.05, 0.1) is 20.3 Å². The highest BCUT2D eigenvalue weighted by Gasteiger charge is 2.17. The zero-order valence-corrected chi connectivity index (χ0v) is 21.5. The number of rotatable bonds is 13. The molecule has 0 bridgehead atoms. The van der Waals surface area contributed by atoms with Crippen LogP contribution in [0.5, 0.6) is 5.75 Å². The van der Waals surface area contributed by atoms with E-state index in [1.54, 1.807) is 11.9 Å². The molecule has 0 radical (unpaired) electrons. The van der Waals surface area contributed by atoms with Gasteiger partial charge in [-0.15, -0.1) is 0 Å². The van der Waals surface area contributed by atoms with Crippen LogP contribution in [0.1, 0.15) is 35.7 Å². The minimum atomic E-state index is -0.0868. The standard InChI is InChI=1S/C30H34N4O3/c1-3-37-21-20-34-32-28(24-15-17-27(36-2)18-16-24)29(33-34)25-13-9-14-26(22-25)30(35)31-19-8-7-12-23-10-5-4-6-11-23/h4-6,9-11,13-18,22H,3,7-8,12,19-21H2,1-2H3,(H,31,35). The number of carbonyl (C=O) groups excluding carboxylic acids is 1. The molecule has 1 N–H and O–H groups in total. The van der Waals surface area contributed by atoms with E-state index in [0.29, 0.717) is 31.9 Å². The average Bonchev–Trinajstić information content (AvgIpc) is 3.38. The molecule has 192 valence electrons. The maximum absolute atomic E-state index is 12.9. The number of aromatic nitrogens is 3. The zero-order chi connectivity index (χ0) is 25.9. The molecule has 0 unspecified atom stereocenters. The lowest BCUT2D eigenvalue weighted by molar-refractivity contribution is 0.0953. The molecule has 0 aliphatic heterocycles. The van der Waals surface area contributed by atoms with E-state index < -0.39 is 0 Å². The monoisotopic (exact) mass is 498 g/mol. The zero-order valence-electron chi connectivity index (χ0n) is 21.5. The fourth-order valence-corrected chi connectivity index (χ4v) is 4.09. The minimum absolute atomic E-state index is 0.0868. The fourth-order valence-electron chi connectivity index (χ4n) is 4.09. The molecule has 7 nitrogen and oxygen atoms in total. The molecule has 37 heavy (non-hydrogen) atoms. The Balaban J connectivity index is 1.46. The van der Waals surface area contributed by atoms with Gasteiger partial charge in [0.25, 0.3) is 5.91 Å². The summed E-state index contributed by atoms with van der Waals surface area (Å²) < 4.78 is 10.8. The van der Waals surface area contributed by atoms with Gasteiger partial charge in [-0.25, -0.2) is 0 Å². The van der Waals surface area contributed by atoms with Gasteiger partial charge < -0.3 is 14.8 Å². The number of unbranched alkanes of at least 4 members (excludes halogenated alkanes) is 1. The number of aryl methyl sites for hydroxylation is 1. The van der Waals surface area contributed by atoms with Crippen LogP contribution < -0.4 is 10.1 Å². The highest BCUT2D eigenvalue weighted by Crippen LogP contribution is 2.30. The second-order valence-corrected chi connectivity index (χ2v) is 8.70. The number of nitrogens with zero attached hydrogens (tertiary/aromatic N) is 3. The maximum Gasteiger partial charge on any atom is 0.251 e. The average molecular weight is 499 g/mol. The van der Waals surface area contributed by atoms with E-state index in [2.05, 4.69) is 29.6 Å². The second kappa shape index (κ2) is 13.4. The quantitative estimate of drug-likeness (QED) is 0.249. The van der Waals surface area contributed by atoms with E-state index in [1.165, 1.54) is 5.56 Å². The van der Waals surface area contributed by atoms with Crippen LogP contribution >= 0.6 is 0 Å². The van der Waals surface area contributed by atoms with Gasteiger partial charge in [0, 0.05) is 29.8 Å². The topological polar surface area (TPSA) is 78.3 Å². The summed E-state index contributed by atoms with van der Waals surface area (Å²) in [4.78, 5) is 14.5. The van der Waals surface area contributed by atoms with Crippen molar-refractivity contribution < 1.29 is 14.3 Å². The molecule has 0 fully saturated rings. The first-order valence-corrected chi connectivity index (χ1v) is 12.8. The van der Waals surface area contributed by atoms with Crippen molar-refractivity contribution in [2.45, 2.75) is 32.7 Å². The Morgan fingerprint density at radius 1 is 0.892 bits per heavy atom. The van der Waals surface area contributed by atoms with Gasteiger partial charge in [-0.2, -0.15) is 15.0 Å². The molecule has 0 saturated carbocycles. The second-order valence-electron chi connectivity index (χ2n) is 8.70. The van der Waals surface area contributed by atoms with E-state index >= 15 is 0 Å². The Kier molecular flexibility index (Phi) is 9.43. The van der Waals surface area contributed by atoms with Crippen LogP contribution in [0.4, 0.5) is 0 Å². The molecule has 4 rings (SSSR count). The summed E-state index contributed by atoms with van der Waals surface area (Å²) in [6, 6.07) is 25.7. The van der Waals surface area contributed by atoms with Crippen molar-refractivity contribution in [2.75, 3.05) is 26.9 Å². The number of nitrogens with one attached hydrogen (secondary N) is 1. The summed E-state index contributed by atoms with van der Waals surface area (Å²) in [6.45, 7) is 4.31. The predicted octanol–water partition coefficient (Wildman–Crippen LogP) is 5.41. The van der Waals surface area contributed by atoms with Crippen LogP contribution in [-0.4, -0.2) is 47.8 Å². The van der Waals surface area contributed by atoms with E-state index in [9.17, 15) is 4.79 Å². The van der Waals surface area contributed by atoms with Crippen LogP contribution in [0.2, 0.25) is 0 Å². The number of carbonyl (C=O) groups is 1. The van der Waals surface area contributed by atoms with Gasteiger partial charge in [0.15, 0.2) is 0 Å². The Bertz CT molecular complexity index is 1270. The number of amides is 1. The summed E-state index contributed by atoms with van der Waals surface area (Å²) in [5.74, 6) is 0.688. The van der Waals surface area contributed by atoms with Crippen LogP contribution in [0.3, 0.4) is 0 Å². The first-order valence-electron chi connectivity index (χ1n) is 12.8. The molecule has 4 aromatic rings. The van der Waals surface area contributed by atoms with Crippen molar-refractivity contribution in [3.8, 4) is 28.3 Å². The lowest BCUT2D eigenvalue weighted by atomic mass is 10.0. The first kappa shape index (κ1) is 26.1. The van der Waals surface area contributed by atoms with Crippen LogP contribution in [0, 0.1) is 0 Å². The molecule has 1 amide bonds. The van der Waals surface area contributed by atoms with Crippen molar-refractivity contribution in [3.63, 3.8) is 0 Å². The SMILES string of the molecule is CCOCCn1nc(-c2ccc(OC)cc2)c(-c2cccc(C(=O)NCCCCc3ccccc3)c2)n1.